The Labute approximate surface area is 83.7 Å². The molecule has 0 amide bonds. The van der Waals surface area contributed by atoms with Crippen LogP contribution in [0.25, 0.3) is 0 Å². The number of hydrogen-bond donors (Lipinski definition) is 0. The number of hydrogen-bond acceptors (Lipinski definition) is 0. The summed E-state index contributed by atoms with van der Waals surface area (Å²) in [6.07, 6.45) is 0. The van der Waals surface area contributed by atoms with Crippen molar-refractivity contribution in [3.8, 4) is 0 Å². The van der Waals surface area contributed by atoms with Gasteiger partial charge in [-0.2, -0.15) is 0 Å². The Hall–Kier alpha value is -0.560. The Bertz CT molecular complexity index is 294. The summed E-state index contributed by atoms with van der Waals surface area (Å²) in [6.45, 7) is 6.16. The first-order valence-electron chi connectivity index (χ1n) is 4.48. The van der Waals surface area contributed by atoms with Crippen molar-refractivity contribution in [2.45, 2.75) is 26.7 Å². The highest BCUT2D eigenvalue weighted by molar-refractivity contribution is 6.30. The smallest absolute Gasteiger partial charge is 0.145 e. The summed E-state index contributed by atoms with van der Waals surface area (Å²) in [5.41, 5.74) is 0.711. The number of halogens is 2. The second-order valence-corrected chi connectivity index (χ2v) is 4.08. The Balaban J connectivity index is 3.07. The largest absolute Gasteiger partial charge is 0.205 e. The van der Waals surface area contributed by atoms with Gasteiger partial charge in [-0.1, -0.05) is 44.5 Å². The molecule has 0 heterocycles. The normalized spacial score (nSPS) is 13.4. The van der Waals surface area contributed by atoms with Crippen molar-refractivity contribution in [2.24, 2.45) is 5.92 Å². The van der Waals surface area contributed by atoms with Crippen molar-refractivity contribution in [1.82, 2.24) is 0 Å². The molecule has 0 aromatic heterocycles. The third-order valence-corrected chi connectivity index (χ3v) is 2.76. The van der Waals surface area contributed by atoms with Crippen molar-refractivity contribution in [2.75, 3.05) is 0 Å². The van der Waals surface area contributed by atoms with Gasteiger partial charge >= 0.3 is 0 Å². The number of rotatable bonds is 2. The highest BCUT2D eigenvalue weighted by Gasteiger charge is 2.15. The fourth-order valence-electron chi connectivity index (χ4n) is 1.23. The van der Waals surface area contributed by atoms with E-state index < -0.39 is 0 Å². The van der Waals surface area contributed by atoms with Crippen molar-refractivity contribution < 1.29 is 4.39 Å². The molecule has 0 saturated carbocycles. The van der Waals surface area contributed by atoms with Crippen LogP contribution in [-0.4, -0.2) is 0 Å². The van der Waals surface area contributed by atoms with Gasteiger partial charge in [-0.05, 0) is 23.5 Å². The molecule has 0 spiro atoms. The fourth-order valence-corrected chi connectivity index (χ4v) is 1.41. The summed E-state index contributed by atoms with van der Waals surface area (Å²) in [5.74, 6) is 0.358. The quantitative estimate of drug-likeness (QED) is 0.670. The molecule has 0 aliphatic carbocycles. The molecule has 1 aromatic rings. The van der Waals surface area contributed by atoms with Crippen molar-refractivity contribution in [3.63, 3.8) is 0 Å². The van der Waals surface area contributed by atoms with E-state index in [1.165, 1.54) is 0 Å². The van der Waals surface area contributed by atoms with E-state index in [1.807, 2.05) is 6.92 Å². The van der Waals surface area contributed by atoms with Gasteiger partial charge < -0.3 is 0 Å². The molecule has 0 nitrogen and oxygen atoms in total. The van der Waals surface area contributed by atoms with Gasteiger partial charge in [-0.3, -0.25) is 0 Å². The summed E-state index contributed by atoms with van der Waals surface area (Å²) >= 11 is 5.69. The van der Waals surface area contributed by atoms with E-state index in [2.05, 4.69) is 13.8 Å². The average Bonchev–Trinajstić information content (AvgIpc) is 2.08. The van der Waals surface area contributed by atoms with Gasteiger partial charge in [-0.15, -0.1) is 0 Å². The van der Waals surface area contributed by atoms with Crippen molar-refractivity contribution >= 4 is 11.6 Å². The van der Waals surface area contributed by atoms with Crippen LogP contribution >= 0.6 is 11.6 Å². The first-order chi connectivity index (χ1) is 6.04. The molecule has 1 aromatic carbocycles. The van der Waals surface area contributed by atoms with Crippen LogP contribution in [0.1, 0.15) is 32.3 Å². The lowest BCUT2D eigenvalue weighted by molar-refractivity contribution is 0.502. The summed E-state index contributed by atoms with van der Waals surface area (Å²) < 4.78 is 13.5. The molecule has 0 saturated heterocycles. The molecular formula is C11H14ClF. The van der Waals surface area contributed by atoms with Crippen LogP contribution in [0.2, 0.25) is 5.02 Å². The minimum absolute atomic E-state index is 0.207. The zero-order valence-corrected chi connectivity index (χ0v) is 8.90. The highest BCUT2D eigenvalue weighted by Crippen LogP contribution is 2.29. The fraction of sp³-hybridized carbons (Fsp3) is 0.455. The molecule has 0 radical (unpaired) electrons. The maximum absolute atomic E-state index is 13.5. The van der Waals surface area contributed by atoms with Crippen LogP contribution < -0.4 is 0 Å². The second kappa shape index (κ2) is 4.10. The lowest BCUT2D eigenvalue weighted by atomic mass is 9.90. The second-order valence-electron chi connectivity index (χ2n) is 3.68. The van der Waals surface area contributed by atoms with Gasteiger partial charge in [-0.25, -0.2) is 4.39 Å². The van der Waals surface area contributed by atoms with Crippen LogP contribution in [0.15, 0.2) is 18.2 Å². The van der Waals surface area contributed by atoms with Crippen LogP contribution in [0, 0.1) is 11.7 Å². The highest BCUT2D eigenvalue weighted by atomic mass is 35.5. The van der Waals surface area contributed by atoms with Gasteiger partial charge in [0.25, 0.3) is 0 Å². The maximum atomic E-state index is 13.5. The molecule has 13 heavy (non-hydrogen) atoms. The van der Waals surface area contributed by atoms with E-state index >= 15 is 0 Å². The minimum Gasteiger partial charge on any atom is -0.205 e. The SMILES string of the molecule is CC(C)C(C)c1cccc(Cl)c1F. The topological polar surface area (TPSA) is 0 Å². The van der Waals surface area contributed by atoms with Crippen molar-refractivity contribution in [3.05, 3.63) is 34.6 Å². The van der Waals surface area contributed by atoms with E-state index in [9.17, 15) is 4.39 Å². The first-order valence-corrected chi connectivity index (χ1v) is 4.85. The molecule has 1 rings (SSSR count). The molecular weight excluding hydrogens is 187 g/mol. The van der Waals surface area contributed by atoms with Gasteiger partial charge in [0, 0.05) is 0 Å². The van der Waals surface area contributed by atoms with E-state index in [0.717, 1.165) is 0 Å². The van der Waals surface area contributed by atoms with Gasteiger partial charge in [0.05, 0.1) is 5.02 Å². The van der Waals surface area contributed by atoms with E-state index in [4.69, 9.17) is 11.6 Å². The van der Waals surface area contributed by atoms with E-state index in [-0.39, 0.29) is 16.8 Å². The van der Waals surface area contributed by atoms with Gasteiger partial charge in [0.2, 0.25) is 0 Å². The van der Waals surface area contributed by atoms with Crippen LogP contribution in [-0.2, 0) is 0 Å². The Morgan fingerprint density at radius 3 is 2.38 bits per heavy atom. The molecule has 0 fully saturated rings. The molecule has 72 valence electrons. The van der Waals surface area contributed by atoms with Crippen LogP contribution in [0.3, 0.4) is 0 Å². The van der Waals surface area contributed by atoms with Crippen LogP contribution in [0.4, 0.5) is 4.39 Å². The lowest BCUT2D eigenvalue weighted by Crippen LogP contribution is -2.04. The number of benzene rings is 1. The minimum atomic E-state index is -0.273. The molecule has 0 N–H and O–H groups in total. The monoisotopic (exact) mass is 200 g/mol. The molecule has 2 heteroatoms. The summed E-state index contributed by atoms with van der Waals surface area (Å²) in [4.78, 5) is 0. The Kier molecular flexibility index (Phi) is 3.32. The first kappa shape index (κ1) is 10.5. The zero-order valence-electron chi connectivity index (χ0n) is 8.14. The molecule has 1 atom stereocenters. The third kappa shape index (κ3) is 2.22. The third-order valence-electron chi connectivity index (χ3n) is 2.47. The molecule has 0 aliphatic heterocycles. The Morgan fingerprint density at radius 1 is 1.23 bits per heavy atom. The lowest BCUT2D eigenvalue weighted by Gasteiger charge is -2.16. The summed E-state index contributed by atoms with van der Waals surface area (Å²) in [7, 11) is 0. The predicted octanol–water partition coefficient (Wildman–Crippen LogP) is 4.24. The maximum Gasteiger partial charge on any atom is 0.145 e. The average molecular weight is 201 g/mol. The van der Waals surface area contributed by atoms with Crippen LogP contribution in [0.5, 0.6) is 0 Å². The van der Waals surface area contributed by atoms with Crippen molar-refractivity contribution in [1.29, 1.82) is 0 Å². The predicted molar refractivity (Wildman–Crippen MR) is 54.7 cm³/mol. The summed E-state index contributed by atoms with van der Waals surface area (Å²) in [6, 6.07) is 5.17. The molecule has 0 aliphatic rings. The summed E-state index contributed by atoms with van der Waals surface area (Å²) in [5, 5.41) is 0.213. The van der Waals surface area contributed by atoms with Gasteiger partial charge in [0.15, 0.2) is 0 Å². The van der Waals surface area contributed by atoms with E-state index in [1.54, 1.807) is 18.2 Å². The van der Waals surface area contributed by atoms with E-state index in [0.29, 0.717) is 11.5 Å². The molecule has 0 bridgehead atoms. The Morgan fingerprint density at radius 2 is 1.85 bits per heavy atom. The standard InChI is InChI=1S/C11H14ClF/c1-7(2)8(3)9-5-4-6-10(12)11(9)13/h4-8H,1-3H3. The zero-order chi connectivity index (χ0) is 10.0. The molecule has 1 unspecified atom stereocenters. The van der Waals surface area contributed by atoms with Gasteiger partial charge in [0.1, 0.15) is 5.82 Å².